The third-order valence-electron chi connectivity index (χ3n) is 3.17. The molecule has 1 unspecified atom stereocenters. The first-order chi connectivity index (χ1) is 9.84. The lowest BCUT2D eigenvalue weighted by atomic mass is 10.2. The maximum atomic E-state index is 11.9. The van der Waals surface area contributed by atoms with Gasteiger partial charge < -0.3 is 9.30 Å². The van der Waals surface area contributed by atoms with Gasteiger partial charge in [0.2, 0.25) is 0 Å². The average molecular weight is 288 g/mol. The van der Waals surface area contributed by atoms with Crippen LogP contribution in [0.25, 0.3) is 0 Å². The lowest BCUT2D eigenvalue weighted by molar-refractivity contribution is 0.135. The number of rotatable bonds is 8. The van der Waals surface area contributed by atoms with Gasteiger partial charge in [0.25, 0.3) is 0 Å². The Morgan fingerprint density at radius 1 is 0.800 bits per heavy atom. The van der Waals surface area contributed by atoms with Crippen LogP contribution in [-0.4, -0.2) is 18.9 Å². The molecular formula is C17H21O2P. The Bertz CT molecular complexity index is 511. The molecule has 0 heterocycles. The van der Waals surface area contributed by atoms with E-state index >= 15 is 0 Å². The van der Waals surface area contributed by atoms with Crippen LogP contribution in [0.15, 0.2) is 60.7 Å². The lowest BCUT2D eigenvalue weighted by Gasteiger charge is -2.05. The molecule has 2 rings (SSSR count). The zero-order valence-electron chi connectivity index (χ0n) is 11.6. The summed E-state index contributed by atoms with van der Waals surface area (Å²) in [6.07, 6.45) is 2.37. The summed E-state index contributed by atoms with van der Waals surface area (Å²) in [5.74, 6) is 0. The smallest absolute Gasteiger partial charge is 0.0787 e. The molecule has 1 atom stereocenters. The second kappa shape index (κ2) is 8.73. The largest absolute Gasteiger partial charge is 0.376 e. The van der Waals surface area contributed by atoms with Crippen LogP contribution in [0, 0.1) is 0 Å². The molecule has 0 aliphatic heterocycles. The molecule has 0 saturated heterocycles. The lowest BCUT2D eigenvalue weighted by Crippen LogP contribution is -1.99. The van der Waals surface area contributed by atoms with E-state index in [-0.39, 0.29) is 0 Å². The molecule has 0 aliphatic carbocycles. The molecular weight excluding hydrogens is 267 g/mol. The molecule has 0 saturated carbocycles. The molecule has 0 fully saturated rings. The van der Waals surface area contributed by atoms with Gasteiger partial charge in [0.15, 0.2) is 0 Å². The van der Waals surface area contributed by atoms with Crippen molar-refractivity contribution in [1.82, 2.24) is 0 Å². The van der Waals surface area contributed by atoms with Gasteiger partial charge >= 0.3 is 0 Å². The second-order valence-corrected chi connectivity index (χ2v) is 6.89. The van der Waals surface area contributed by atoms with Gasteiger partial charge in [-0.05, 0) is 17.5 Å². The highest BCUT2D eigenvalue weighted by molar-refractivity contribution is 7.44. The monoisotopic (exact) mass is 288 g/mol. The van der Waals surface area contributed by atoms with Crippen molar-refractivity contribution in [2.75, 3.05) is 18.9 Å². The Kier molecular flexibility index (Phi) is 6.56. The molecule has 2 aromatic carbocycles. The maximum Gasteiger partial charge on any atom is 0.0787 e. The summed E-state index contributed by atoms with van der Waals surface area (Å²) in [5, 5.41) is 0. The van der Waals surface area contributed by atoms with Crippen molar-refractivity contribution in [3.63, 3.8) is 0 Å². The van der Waals surface area contributed by atoms with E-state index in [1.54, 1.807) is 0 Å². The van der Waals surface area contributed by atoms with Crippen molar-refractivity contribution in [3.8, 4) is 0 Å². The van der Waals surface area contributed by atoms with E-state index in [2.05, 4.69) is 12.1 Å². The Morgan fingerprint density at radius 3 is 2.05 bits per heavy atom. The number of hydrogen-bond donors (Lipinski definition) is 0. The van der Waals surface area contributed by atoms with Gasteiger partial charge in [-0.2, -0.15) is 0 Å². The van der Waals surface area contributed by atoms with Crippen molar-refractivity contribution in [1.29, 1.82) is 0 Å². The minimum atomic E-state index is -1.52. The van der Waals surface area contributed by atoms with E-state index in [4.69, 9.17) is 4.74 Å². The van der Waals surface area contributed by atoms with Gasteiger partial charge in [0.1, 0.15) is 0 Å². The molecule has 0 aromatic heterocycles. The Hall–Kier alpha value is -1.37. The minimum Gasteiger partial charge on any atom is -0.376 e. The van der Waals surface area contributed by atoms with E-state index in [1.807, 2.05) is 48.5 Å². The summed E-state index contributed by atoms with van der Waals surface area (Å²) < 4.78 is 17.5. The highest BCUT2D eigenvalue weighted by Gasteiger charge is 2.01. The van der Waals surface area contributed by atoms with E-state index in [0.717, 1.165) is 18.1 Å². The van der Waals surface area contributed by atoms with Gasteiger partial charge in [-0.1, -0.05) is 60.7 Å². The summed E-state index contributed by atoms with van der Waals surface area (Å²) in [5.41, 5.74) is 2.42. The first-order valence-electron chi connectivity index (χ1n) is 7.02. The molecule has 3 heteroatoms. The summed E-state index contributed by atoms with van der Waals surface area (Å²) in [6.45, 7) is 1.19. The number of hydrogen-bond acceptors (Lipinski definition) is 2. The highest BCUT2D eigenvalue weighted by Crippen LogP contribution is 2.21. The SMILES string of the molecule is O=[PH](CCOCc1ccccc1)CCc1ccccc1. The fourth-order valence-electron chi connectivity index (χ4n) is 2.00. The van der Waals surface area contributed by atoms with E-state index in [9.17, 15) is 4.57 Å². The molecule has 106 valence electrons. The second-order valence-electron chi connectivity index (χ2n) is 4.81. The topological polar surface area (TPSA) is 26.3 Å². The predicted octanol–water partition coefficient (Wildman–Crippen LogP) is 4.01. The van der Waals surface area contributed by atoms with Gasteiger partial charge in [-0.3, -0.25) is 0 Å². The molecule has 0 N–H and O–H groups in total. The van der Waals surface area contributed by atoms with Gasteiger partial charge in [0, 0.05) is 12.3 Å². The van der Waals surface area contributed by atoms with Gasteiger partial charge in [0.05, 0.1) is 21.0 Å². The third-order valence-corrected chi connectivity index (χ3v) is 4.74. The van der Waals surface area contributed by atoms with E-state index in [0.29, 0.717) is 19.4 Å². The molecule has 2 aromatic rings. The van der Waals surface area contributed by atoms with Crippen molar-refractivity contribution in [2.24, 2.45) is 0 Å². The van der Waals surface area contributed by atoms with Crippen LogP contribution >= 0.6 is 7.80 Å². The Morgan fingerprint density at radius 2 is 1.40 bits per heavy atom. The molecule has 0 bridgehead atoms. The predicted molar refractivity (Wildman–Crippen MR) is 85.0 cm³/mol. The van der Waals surface area contributed by atoms with Crippen LogP contribution < -0.4 is 0 Å². The molecule has 0 aliphatic rings. The molecule has 0 amide bonds. The molecule has 2 nitrogen and oxygen atoms in total. The first kappa shape index (κ1) is 15.0. The van der Waals surface area contributed by atoms with E-state index < -0.39 is 7.80 Å². The number of ether oxygens (including phenoxy) is 1. The quantitative estimate of drug-likeness (QED) is 0.542. The number of benzene rings is 2. The van der Waals surface area contributed by atoms with Gasteiger partial charge in [-0.15, -0.1) is 0 Å². The van der Waals surface area contributed by atoms with Crippen LogP contribution in [0.1, 0.15) is 11.1 Å². The van der Waals surface area contributed by atoms with Crippen LogP contribution in [-0.2, 0) is 22.3 Å². The van der Waals surface area contributed by atoms with Crippen LogP contribution in [0.2, 0.25) is 0 Å². The van der Waals surface area contributed by atoms with Gasteiger partial charge in [-0.25, -0.2) is 0 Å². The normalized spacial score (nSPS) is 12.2. The summed E-state index contributed by atoms with van der Waals surface area (Å²) in [4.78, 5) is 0. The summed E-state index contributed by atoms with van der Waals surface area (Å²) in [6, 6.07) is 20.3. The summed E-state index contributed by atoms with van der Waals surface area (Å²) >= 11 is 0. The van der Waals surface area contributed by atoms with Crippen LogP contribution in [0.5, 0.6) is 0 Å². The fourth-order valence-corrected chi connectivity index (χ4v) is 3.19. The first-order valence-corrected chi connectivity index (χ1v) is 8.84. The van der Waals surface area contributed by atoms with Crippen molar-refractivity contribution < 1.29 is 9.30 Å². The fraction of sp³-hybridized carbons (Fsp3) is 0.294. The summed E-state index contributed by atoms with van der Waals surface area (Å²) in [7, 11) is -1.52. The maximum absolute atomic E-state index is 11.9. The Labute approximate surface area is 121 Å². The number of aryl methyl sites for hydroxylation is 1. The third kappa shape index (κ3) is 5.73. The highest BCUT2D eigenvalue weighted by atomic mass is 31.1. The van der Waals surface area contributed by atoms with Crippen molar-refractivity contribution in [3.05, 3.63) is 71.8 Å². The van der Waals surface area contributed by atoms with Crippen LogP contribution in [0.4, 0.5) is 0 Å². The molecule has 0 spiro atoms. The standard InChI is InChI=1S/C17H21O2P/c18-20(13-11-16-7-3-1-4-8-16)14-12-19-15-17-9-5-2-6-10-17/h1-10,20H,11-15H2. The minimum absolute atomic E-state index is 0.585. The van der Waals surface area contributed by atoms with Crippen LogP contribution in [0.3, 0.4) is 0 Å². The van der Waals surface area contributed by atoms with Crippen molar-refractivity contribution >= 4 is 7.80 Å². The van der Waals surface area contributed by atoms with E-state index in [1.165, 1.54) is 5.56 Å². The average Bonchev–Trinajstić information content (AvgIpc) is 2.52. The Balaban J connectivity index is 1.59. The molecule has 20 heavy (non-hydrogen) atoms. The molecule has 0 radical (unpaired) electrons. The zero-order valence-corrected chi connectivity index (χ0v) is 12.6. The van der Waals surface area contributed by atoms with Crippen molar-refractivity contribution in [2.45, 2.75) is 13.0 Å². The zero-order chi connectivity index (χ0) is 14.0.